The predicted octanol–water partition coefficient (Wildman–Crippen LogP) is 1.12. The monoisotopic (exact) mass is 173 g/mol. The number of aryl methyl sites for hydroxylation is 1. The lowest BCUT2D eigenvalue weighted by Crippen LogP contribution is -2.13. The standard InChI is InChI=1S/C7H8FNOS/c1-5-4-6(8)2-3-7(5)11(9)10/h2-4H,9H2,1H3. The normalized spacial score (nSPS) is 13.1. The summed E-state index contributed by atoms with van der Waals surface area (Å²) >= 11 is -1.52. The Labute approximate surface area is 67.5 Å². The topological polar surface area (TPSA) is 49.1 Å². The molecule has 0 aromatic heterocycles. The molecule has 0 bridgehead atoms. The van der Waals surface area contributed by atoms with Crippen LogP contribution in [0.5, 0.6) is 0 Å². The summed E-state index contributed by atoms with van der Waals surface area (Å²) in [5, 5.41) is 5.11. The van der Waals surface area contributed by atoms with Gasteiger partial charge in [-0.3, -0.25) is 0 Å². The Morgan fingerprint density at radius 2 is 2.18 bits per heavy atom. The van der Waals surface area contributed by atoms with E-state index in [9.17, 15) is 8.94 Å². The van der Waals surface area contributed by atoms with Gasteiger partial charge in [0.2, 0.25) is 0 Å². The van der Waals surface area contributed by atoms with Crippen molar-refractivity contribution in [3.63, 3.8) is 0 Å². The number of nitrogens with two attached hydrogens (primary N) is 1. The van der Waals surface area contributed by atoms with E-state index in [0.29, 0.717) is 10.5 Å². The highest BCUT2D eigenvalue weighted by molar-refractivity contribution is 7.89. The lowest BCUT2D eigenvalue weighted by atomic mass is 10.2. The molecule has 4 heteroatoms. The van der Waals surface area contributed by atoms with Gasteiger partial charge in [0, 0.05) is 5.56 Å². The maximum Gasteiger partial charge on any atom is 0.176 e. The lowest BCUT2D eigenvalue weighted by Gasteiger charge is -2.04. The molecule has 0 saturated heterocycles. The van der Waals surface area contributed by atoms with Gasteiger partial charge < -0.3 is 4.55 Å². The van der Waals surface area contributed by atoms with Crippen LogP contribution in [0.4, 0.5) is 4.39 Å². The van der Waals surface area contributed by atoms with Crippen LogP contribution < -0.4 is 5.14 Å². The molecule has 0 fully saturated rings. The Hall–Kier alpha value is -0.580. The molecular weight excluding hydrogens is 165 g/mol. The zero-order valence-corrected chi connectivity index (χ0v) is 6.82. The van der Waals surface area contributed by atoms with E-state index in [1.165, 1.54) is 18.2 Å². The fourth-order valence-electron chi connectivity index (χ4n) is 0.839. The second kappa shape index (κ2) is 3.21. The first kappa shape index (κ1) is 8.52. The lowest BCUT2D eigenvalue weighted by molar-refractivity contribution is 0.594. The molecule has 0 amide bonds. The second-order valence-electron chi connectivity index (χ2n) is 2.21. The van der Waals surface area contributed by atoms with Gasteiger partial charge in [-0.25, -0.2) is 4.39 Å². The van der Waals surface area contributed by atoms with Crippen molar-refractivity contribution in [1.82, 2.24) is 0 Å². The van der Waals surface area contributed by atoms with E-state index in [-0.39, 0.29) is 5.82 Å². The van der Waals surface area contributed by atoms with Crippen LogP contribution in [0.3, 0.4) is 0 Å². The Morgan fingerprint density at radius 3 is 2.64 bits per heavy atom. The minimum Gasteiger partial charge on any atom is -0.593 e. The SMILES string of the molecule is Cc1cc(F)ccc1[S+](N)[O-]. The molecule has 0 aliphatic carbocycles. The van der Waals surface area contributed by atoms with Crippen molar-refractivity contribution in [1.29, 1.82) is 0 Å². The second-order valence-corrected chi connectivity index (χ2v) is 3.24. The van der Waals surface area contributed by atoms with Gasteiger partial charge in [-0.1, -0.05) is 0 Å². The average molecular weight is 173 g/mol. The minimum absolute atomic E-state index is 0.336. The van der Waals surface area contributed by atoms with Gasteiger partial charge in [0.1, 0.15) is 5.82 Å². The molecule has 2 nitrogen and oxygen atoms in total. The van der Waals surface area contributed by atoms with Crippen molar-refractivity contribution in [2.45, 2.75) is 11.8 Å². The molecule has 1 unspecified atom stereocenters. The summed E-state index contributed by atoms with van der Waals surface area (Å²) in [6.07, 6.45) is 0. The summed E-state index contributed by atoms with van der Waals surface area (Å²) in [7, 11) is 0. The van der Waals surface area contributed by atoms with E-state index in [1.54, 1.807) is 6.92 Å². The average Bonchev–Trinajstić information content (AvgIpc) is 1.85. The number of rotatable bonds is 1. The van der Waals surface area contributed by atoms with E-state index in [4.69, 9.17) is 5.14 Å². The molecule has 0 aliphatic heterocycles. The van der Waals surface area contributed by atoms with Gasteiger partial charge in [0.15, 0.2) is 4.90 Å². The van der Waals surface area contributed by atoms with E-state index < -0.39 is 11.4 Å². The van der Waals surface area contributed by atoms with Gasteiger partial charge in [0.25, 0.3) is 0 Å². The Morgan fingerprint density at radius 1 is 1.55 bits per heavy atom. The van der Waals surface area contributed by atoms with Crippen molar-refractivity contribution in [2.24, 2.45) is 5.14 Å². The van der Waals surface area contributed by atoms with Crippen LogP contribution in [0.1, 0.15) is 5.56 Å². The molecule has 1 atom stereocenters. The van der Waals surface area contributed by atoms with E-state index in [1.807, 2.05) is 0 Å². The quantitative estimate of drug-likeness (QED) is 0.647. The van der Waals surface area contributed by atoms with Crippen molar-refractivity contribution >= 4 is 11.4 Å². The largest absolute Gasteiger partial charge is 0.593 e. The van der Waals surface area contributed by atoms with Gasteiger partial charge in [0.05, 0.1) is 11.4 Å². The summed E-state index contributed by atoms with van der Waals surface area (Å²) in [5.41, 5.74) is 0.617. The van der Waals surface area contributed by atoms with Crippen LogP contribution in [-0.2, 0) is 11.4 Å². The number of halogens is 1. The van der Waals surface area contributed by atoms with Crippen molar-refractivity contribution in [3.05, 3.63) is 29.6 Å². The molecule has 0 spiro atoms. The molecule has 0 radical (unpaired) electrons. The molecule has 2 N–H and O–H groups in total. The highest BCUT2D eigenvalue weighted by atomic mass is 32.2. The van der Waals surface area contributed by atoms with Crippen molar-refractivity contribution < 1.29 is 8.94 Å². The van der Waals surface area contributed by atoms with Gasteiger partial charge in [-0.05, 0) is 25.1 Å². The van der Waals surface area contributed by atoms with Crippen molar-refractivity contribution in [2.75, 3.05) is 0 Å². The fourth-order valence-corrected chi connectivity index (χ4v) is 1.42. The first-order valence-electron chi connectivity index (χ1n) is 3.03. The van der Waals surface area contributed by atoms with Crippen LogP contribution in [0.2, 0.25) is 0 Å². The Kier molecular flexibility index (Phi) is 2.49. The molecule has 1 aromatic rings. The summed E-state index contributed by atoms with van der Waals surface area (Å²) in [5.74, 6) is -0.336. The van der Waals surface area contributed by atoms with Crippen LogP contribution >= 0.6 is 0 Å². The smallest absolute Gasteiger partial charge is 0.176 e. The predicted molar refractivity (Wildman–Crippen MR) is 41.7 cm³/mol. The maximum atomic E-state index is 12.5. The third kappa shape index (κ3) is 1.92. The highest BCUT2D eigenvalue weighted by Gasteiger charge is 2.09. The van der Waals surface area contributed by atoms with Crippen LogP contribution in [0.25, 0.3) is 0 Å². The maximum absolute atomic E-state index is 12.5. The van der Waals surface area contributed by atoms with Crippen LogP contribution in [-0.4, -0.2) is 4.55 Å². The first-order valence-corrected chi connectivity index (χ1v) is 4.25. The van der Waals surface area contributed by atoms with Crippen LogP contribution in [0.15, 0.2) is 23.1 Å². The van der Waals surface area contributed by atoms with E-state index in [2.05, 4.69) is 0 Å². The molecule has 1 aromatic carbocycles. The third-order valence-corrected chi connectivity index (χ3v) is 2.25. The molecule has 0 heterocycles. The highest BCUT2D eigenvalue weighted by Crippen LogP contribution is 2.13. The summed E-state index contributed by atoms with van der Waals surface area (Å²) < 4.78 is 23.2. The number of hydrogen-bond donors (Lipinski definition) is 1. The molecule has 0 aliphatic rings. The minimum atomic E-state index is -1.52. The number of hydrogen-bond acceptors (Lipinski definition) is 2. The van der Waals surface area contributed by atoms with Gasteiger partial charge >= 0.3 is 0 Å². The van der Waals surface area contributed by atoms with Gasteiger partial charge in [-0.15, -0.1) is 5.14 Å². The zero-order valence-electron chi connectivity index (χ0n) is 6.00. The molecule has 60 valence electrons. The van der Waals surface area contributed by atoms with Crippen molar-refractivity contribution in [3.8, 4) is 0 Å². The molecular formula is C7H8FNOS. The molecule has 0 saturated carbocycles. The molecule has 1 rings (SSSR count). The van der Waals surface area contributed by atoms with E-state index >= 15 is 0 Å². The van der Waals surface area contributed by atoms with Gasteiger partial charge in [-0.2, -0.15) is 0 Å². The Balaban J connectivity index is 3.09. The zero-order chi connectivity index (χ0) is 8.43. The summed E-state index contributed by atoms with van der Waals surface area (Å²) in [6.45, 7) is 1.67. The summed E-state index contributed by atoms with van der Waals surface area (Å²) in [4.78, 5) is 0.478. The van der Waals surface area contributed by atoms with Crippen LogP contribution in [0, 0.1) is 12.7 Å². The third-order valence-electron chi connectivity index (χ3n) is 1.35. The first-order chi connectivity index (χ1) is 5.11. The summed E-state index contributed by atoms with van der Waals surface area (Å²) in [6, 6.07) is 3.98. The molecule has 11 heavy (non-hydrogen) atoms. The Bertz CT molecular complexity index is 265. The fraction of sp³-hybridized carbons (Fsp3) is 0.143. The van der Waals surface area contributed by atoms with E-state index in [0.717, 1.165) is 0 Å². The number of benzene rings is 1.